The Labute approximate surface area is 123 Å². The number of hydrogen-bond acceptors (Lipinski definition) is 7. The fourth-order valence-corrected chi connectivity index (χ4v) is 2.25. The third-order valence-electron chi connectivity index (χ3n) is 3.30. The first kappa shape index (κ1) is 13.7. The first-order valence-corrected chi connectivity index (χ1v) is 6.21. The predicted molar refractivity (Wildman–Crippen MR) is 72.2 cm³/mol. The number of rotatable bonds is 1. The number of ether oxygens (including phenoxy) is 1. The number of ketones is 2. The van der Waals surface area contributed by atoms with E-state index in [9.17, 15) is 30.0 Å². The summed E-state index contributed by atoms with van der Waals surface area (Å²) in [7, 11) is 0. The van der Waals surface area contributed by atoms with E-state index in [1.165, 1.54) is 6.07 Å². The van der Waals surface area contributed by atoms with Gasteiger partial charge in [-0.1, -0.05) is 6.07 Å². The summed E-state index contributed by atoms with van der Waals surface area (Å²) in [5.41, 5.74) is -0.163. The standard InChI is InChI=1S/C15H10O7/c16-7-4-10(19)12-11(5-7)22-15(14(21)13(12)20)6-1-2-8(17)9(18)3-6/h1-5,15-19H. The molecule has 7 heteroatoms. The van der Waals surface area contributed by atoms with Crippen molar-refractivity contribution in [2.24, 2.45) is 0 Å². The molecule has 1 atom stereocenters. The van der Waals surface area contributed by atoms with E-state index >= 15 is 0 Å². The molecule has 1 heterocycles. The van der Waals surface area contributed by atoms with Crippen LogP contribution in [0.2, 0.25) is 0 Å². The second kappa shape index (κ2) is 4.66. The highest BCUT2D eigenvalue weighted by Crippen LogP contribution is 2.41. The summed E-state index contributed by atoms with van der Waals surface area (Å²) in [6.07, 6.45) is -1.34. The number of benzene rings is 2. The van der Waals surface area contributed by atoms with Gasteiger partial charge in [-0.05, 0) is 12.1 Å². The van der Waals surface area contributed by atoms with E-state index in [1.54, 1.807) is 0 Å². The van der Waals surface area contributed by atoms with Crippen molar-refractivity contribution in [2.45, 2.75) is 6.10 Å². The molecule has 0 fully saturated rings. The van der Waals surface area contributed by atoms with E-state index in [0.29, 0.717) is 0 Å². The molecular formula is C15H10O7. The van der Waals surface area contributed by atoms with E-state index < -0.39 is 29.2 Å². The van der Waals surface area contributed by atoms with Crippen LogP contribution < -0.4 is 4.74 Å². The Hall–Kier alpha value is -3.22. The summed E-state index contributed by atoms with van der Waals surface area (Å²) >= 11 is 0. The van der Waals surface area contributed by atoms with Crippen LogP contribution in [0, 0.1) is 0 Å². The van der Waals surface area contributed by atoms with Gasteiger partial charge in [0.2, 0.25) is 11.6 Å². The van der Waals surface area contributed by atoms with Gasteiger partial charge in [0, 0.05) is 17.7 Å². The molecule has 4 N–H and O–H groups in total. The number of Topliss-reactive ketones (excluding diaryl/α,β-unsaturated/α-hetero) is 2. The number of carbonyl (C=O) groups excluding carboxylic acids is 2. The summed E-state index contributed by atoms with van der Waals surface area (Å²) in [6.45, 7) is 0. The molecule has 0 aliphatic carbocycles. The van der Waals surface area contributed by atoms with Crippen molar-refractivity contribution in [1.82, 2.24) is 0 Å². The summed E-state index contributed by atoms with van der Waals surface area (Å²) < 4.78 is 5.37. The maximum Gasteiger partial charge on any atom is 0.248 e. The second-order valence-electron chi connectivity index (χ2n) is 4.78. The fourth-order valence-electron chi connectivity index (χ4n) is 2.25. The van der Waals surface area contributed by atoms with Gasteiger partial charge in [-0.25, -0.2) is 0 Å². The third-order valence-corrected chi connectivity index (χ3v) is 3.30. The van der Waals surface area contributed by atoms with E-state index in [4.69, 9.17) is 4.74 Å². The van der Waals surface area contributed by atoms with Crippen molar-refractivity contribution in [3.8, 4) is 28.7 Å². The van der Waals surface area contributed by atoms with Crippen LogP contribution in [0.25, 0.3) is 0 Å². The average Bonchev–Trinajstić information content (AvgIpc) is 2.45. The lowest BCUT2D eigenvalue weighted by atomic mass is 9.94. The van der Waals surface area contributed by atoms with Crippen LogP contribution in [0.4, 0.5) is 0 Å². The summed E-state index contributed by atoms with van der Waals surface area (Å²) in [5, 5.41) is 37.9. The van der Waals surface area contributed by atoms with Crippen molar-refractivity contribution >= 4 is 11.6 Å². The monoisotopic (exact) mass is 302 g/mol. The molecule has 1 aliphatic heterocycles. The lowest BCUT2D eigenvalue weighted by molar-refractivity contribution is -0.122. The zero-order chi connectivity index (χ0) is 16.0. The van der Waals surface area contributed by atoms with E-state index in [2.05, 4.69) is 0 Å². The van der Waals surface area contributed by atoms with Crippen LogP contribution in [0.1, 0.15) is 22.0 Å². The minimum Gasteiger partial charge on any atom is -0.508 e. The summed E-state index contributed by atoms with van der Waals surface area (Å²) in [6, 6.07) is 5.60. The maximum atomic E-state index is 12.1. The highest BCUT2D eigenvalue weighted by molar-refractivity contribution is 6.47. The quantitative estimate of drug-likeness (QED) is 0.463. The number of hydrogen-bond donors (Lipinski definition) is 4. The molecule has 22 heavy (non-hydrogen) atoms. The zero-order valence-corrected chi connectivity index (χ0v) is 11.0. The van der Waals surface area contributed by atoms with Gasteiger partial charge in [0.05, 0.1) is 0 Å². The van der Waals surface area contributed by atoms with Crippen LogP contribution >= 0.6 is 0 Å². The van der Waals surface area contributed by atoms with Gasteiger partial charge in [0.1, 0.15) is 22.8 Å². The highest BCUT2D eigenvalue weighted by atomic mass is 16.5. The smallest absolute Gasteiger partial charge is 0.248 e. The maximum absolute atomic E-state index is 12.1. The van der Waals surface area contributed by atoms with Gasteiger partial charge in [-0.15, -0.1) is 0 Å². The zero-order valence-electron chi connectivity index (χ0n) is 11.0. The predicted octanol–water partition coefficient (Wildman–Crippen LogP) is 1.39. The molecule has 0 radical (unpaired) electrons. The molecule has 0 saturated carbocycles. The molecule has 0 saturated heterocycles. The second-order valence-corrected chi connectivity index (χ2v) is 4.78. The van der Waals surface area contributed by atoms with Gasteiger partial charge in [0.15, 0.2) is 17.6 Å². The van der Waals surface area contributed by atoms with E-state index in [1.807, 2.05) is 0 Å². The molecule has 0 amide bonds. The Morgan fingerprint density at radius 1 is 0.864 bits per heavy atom. The summed E-state index contributed by atoms with van der Waals surface area (Å²) in [4.78, 5) is 24.2. The molecule has 0 spiro atoms. The number of carbonyl (C=O) groups is 2. The van der Waals surface area contributed by atoms with Gasteiger partial charge < -0.3 is 25.2 Å². The van der Waals surface area contributed by atoms with Crippen LogP contribution in [0.5, 0.6) is 28.7 Å². The molecule has 2 aromatic rings. The van der Waals surface area contributed by atoms with Crippen LogP contribution in [-0.2, 0) is 4.79 Å². The molecule has 0 bridgehead atoms. The molecule has 2 aromatic carbocycles. The number of phenolic OH excluding ortho intramolecular Hbond substituents is 4. The van der Waals surface area contributed by atoms with Gasteiger partial charge in [-0.2, -0.15) is 0 Å². The van der Waals surface area contributed by atoms with Crippen LogP contribution in [-0.4, -0.2) is 32.0 Å². The SMILES string of the molecule is O=C1C(=O)C(c2ccc(O)c(O)c2)Oc2cc(O)cc(O)c21. The van der Waals surface area contributed by atoms with Crippen LogP contribution in [0.15, 0.2) is 30.3 Å². The molecular weight excluding hydrogens is 292 g/mol. The lowest BCUT2D eigenvalue weighted by Crippen LogP contribution is -2.31. The Balaban J connectivity index is 2.10. The minimum absolute atomic E-state index is 0.139. The molecule has 1 aliphatic rings. The number of aromatic hydroxyl groups is 4. The Kier molecular flexibility index (Phi) is 2.91. The van der Waals surface area contributed by atoms with E-state index in [0.717, 1.165) is 24.3 Å². The first-order chi connectivity index (χ1) is 10.4. The third kappa shape index (κ3) is 1.99. The summed E-state index contributed by atoms with van der Waals surface area (Å²) in [5.74, 6) is -3.76. The first-order valence-electron chi connectivity index (χ1n) is 6.21. The fraction of sp³-hybridized carbons (Fsp3) is 0.0667. The molecule has 1 unspecified atom stereocenters. The Morgan fingerprint density at radius 3 is 2.27 bits per heavy atom. The van der Waals surface area contributed by atoms with Crippen molar-refractivity contribution in [2.75, 3.05) is 0 Å². The number of phenols is 4. The molecule has 3 rings (SSSR count). The normalized spacial score (nSPS) is 17.0. The van der Waals surface area contributed by atoms with Gasteiger partial charge >= 0.3 is 0 Å². The number of fused-ring (bicyclic) bond motifs is 1. The Morgan fingerprint density at radius 2 is 1.59 bits per heavy atom. The van der Waals surface area contributed by atoms with Crippen molar-refractivity contribution < 1.29 is 34.8 Å². The van der Waals surface area contributed by atoms with Crippen LogP contribution in [0.3, 0.4) is 0 Å². The highest BCUT2D eigenvalue weighted by Gasteiger charge is 2.39. The average molecular weight is 302 g/mol. The van der Waals surface area contributed by atoms with Gasteiger partial charge in [-0.3, -0.25) is 9.59 Å². The Bertz CT molecular complexity index is 810. The van der Waals surface area contributed by atoms with Crippen molar-refractivity contribution in [3.05, 3.63) is 41.5 Å². The van der Waals surface area contributed by atoms with E-state index in [-0.39, 0.29) is 28.4 Å². The van der Waals surface area contributed by atoms with Crippen molar-refractivity contribution in [3.63, 3.8) is 0 Å². The lowest BCUT2D eigenvalue weighted by Gasteiger charge is -2.25. The molecule has 112 valence electrons. The van der Waals surface area contributed by atoms with Crippen molar-refractivity contribution in [1.29, 1.82) is 0 Å². The molecule has 0 aromatic heterocycles. The van der Waals surface area contributed by atoms with Gasteiger partial charge in [0.25, 0.3) is 0 Å². The topological polar surface area (TPSA) is 124 Å². The molecule has 7 nitrogen and oxygen atoms in total. The largest absolute Gasteiger partial charge is 0.508 e. The minimum atomic E-state index is -1.34.